The summed E-state index contributed by atoms with van der Waals surface area (Å²) >= 11 is 1.44. The van der Waals surface area contributed by atoms with Crippen molar-refractivity contribution in [1.82, 2.24) is 30.0 Å². The van der Waals surface area contributed by atoms with Crippen molar-refractivity contribution in [1.29, 1.82) is 0 Å². The highest BCUT2D eigenvalue weighted by molar-refractivity contribution is 7.22. The van der Waals surface area contributed by atoms with E-state index >= 15 is 0 Å². The fourth-order valence-electron chi connectivity index (χ4n) is 11.8. The molecule has 4 aromatic carbocycles. The molecular weight excluding hydrogens is 939 g/mol. The number of para-hydroxylation sites is 2. The number of imide groups is 1. The third-order valence-electron chi connectivity index (χ3n) is 15.6. The van der Waals surface area contributed by atoms with Gasteiger partial charge in [0.15, 0.2) is 10.8 Å². The third kappa shape index (κ3) is 9.89. The quantitative estimate of drug-likeness (QED) is 0.0936. The van der Waals surface area contributed by atoms with Gasteiger partial charge < -0.3 is 19.6 Å². The number of carboxylic acid groups (broad SMARTS) is 1. The van der Waals surface area contributed by atoms with Gasteiger partial charge in [0.1, 0.15) is 11.6 Å². The molecule has 2 saturated heterocycles. The molecule has 2 atom stereocenters. The Morgan fingerprint density at radius 1 is 0.849 bits per heavy atom. The first-order valence-corrected chi connectivity index (χ1v) is 26.6. The molecule has 0 spiro atoms. The highest BCUT2D eigenvalue weighted by atomic mass is 32.1. The molecule has 73 heavy (non-hydrogen) atoms. The van der Waals surface area contributed by atoms with Crippen molar-refractivity contribution in [2.24, 2.45) is 18.9 Å². The lowest BCUT2D eigenvalue weighted by molar-refractivity contribution is -0.134. The zero-order valence-electron chi connectivity index (χ0n) is 41.6. The summed E-state index contributed by atoms with van der Waals surface area (Å²) in [6, 6.07) is 29.4. The van der Waals surface area contributed by atoms with Crippen molar-refractivity contribution in [2.45, 2.75) is 83.8 Å². The van der Waals surface area contributed by atoms with Gasteiger partial charge in [-0.1, -0.05) is 66.8 Å². The number of carboxylic acids is 1. The number of thiazole rings is 1. The van der Waals surface area contributed by atoms with E-state index in [0.29, 0.717) is 66.3 Å². The number of rotatable bonds is 13. The summed E-state index contributed by atoms with van der Waals surface area (Å²) in [5.41, 5.74) is 8.49. The summed E-state index contributed by atoms with van der Waals surface area (Å²) in [6.45, 7) is 10.3. The Kier molecular flexibility index (Phi) is 13.4. The number of pyridine rings is 1. The predicted octanol–water partition coefficient (Wildman–Crippen LogP) is 9.37. The molecule has 0 radical (unpaired) electrons. The largest absolute Gasteiger partial charge is 0.490 e. The molecule has 7 aromatic rings. The number of hydrogen-bond donors (Lipinski definition) is 3. The first kappa shape index (κ1) is 48.1. The molecule has 1 aliphatic carbocycles. The van der Waals surface area contributed by atoms with Crippen LogP contribution in [0.4, 0.5) is 16.6 Å². The van der Waals surface area contributed by atoms with E-state index in [9.17, 15) is 24.3 Å². The summed E-state index contributed by atoms with van der Waals surface area (Å²) < 4.78 is 9.62. The molecule has 1 saturated carbocycles. The highest BCUT2D eigenvalue weighted by Crippen LogP contribution is 2.39. The molecule has 2 unspecified atom stereocenters. The van der Waals surface area contributed by atoms with Crippen LogP contribution in [0.2, 0.25) is 0 Å². The fourth-order valence-corrected chi connectivity index (χ4v) is 12.7. The van der Waals surface area contributed by atoms with Gasteiger partial charge in [0.05, 0.1) is 39.1 Å². The number of aromatic nitrogens is 4. The molecule has 3 N–H and O–H groups in total. The number of ether oxygens (including phenoxy) is 1. The van der Waals surface area contributed by atoms with Crippen LogP contribution in [0.5, 0.6) is 5.75 Å². The number of amides is 3. The normalized spacial score (nSPS) is 20.0. The Labute approximate surface area is 428 Å². The summed E-state index contributed by atoms with van der Waals surface area (Å²) in [4.78, 5) is 67.6. The number of hydrogen-bond acceptors (Lipinski definition) is 12. The standard InChI is InChI=1S/C57H61N9O6S/c1-34(32-64-27-29-65(30-28-64)46-14-7-12-42-51(62-63(3)53(42)46)43-22-24-50(67)60-55(43)69)31-36-17-19-38(20-18-36)72-47-15-8-10-39(35(47)2)40-21-23-49(59-52(40)56(70)71)66-26-25-37-9-6-11-41(44(37)33-66)54(68)61-57-58-45-13-4-5-16-48(45)73-57/h4-16,21,23,34,36,38,43H,17-20,22,24-33H2,1-3H3,(H,70,71)(H,58,61,68)(H,60,67,69). The summed E-state index contributed by atoms with van der Waals surface area (Å²) in [6.07, 6.45) is 6.95. The monoisotopic (exact) mass is 999 g/mol. The molecule has 3 fully saturated rings. The second-order valence-corrected chi connectivity index (χ2v) is 21.5. The van der Waals surface area contributed by atoms with Gasteiger partial charge in [-0.3, -0.25) is 34.6 Å². The maximum atomic E-state index is 13.7. The van der Waals surface area contributed by atoms with Gasteiger partial charge in [-0.15, -0.1) is 0 Å². The number of nitrogens with one attached hydrogen (secondary N) is 2. The van der Waals surface area contributed by atoms with E-state index in [1.54, 1.807) is 0 Å². The lowest BCUT2D eigenvalue weighted by atomic mass is 9.82. The summed E-state index contributed by atoms with van der Waals surface area (Å²) in [5.74, 6) is 0.299. The molecule has 6 heterocycles. The maximum absolute atomic E-state index is 13.7. The molecule has 3 aromatic heterocycles. The van der Waals surface area contributed by atoms with Crippen molar-refractivity contribution < 1.29 is 29.0 Å². The van der Waals surface area contributed by atoms with Gasteiger partial charge in [0, 0.05) is 75.8 Å². The van der Waals surface area contributed by atoms with E-state index in [0.717, 1.165) is 119 Å². The van der Waals surface area contributed by atoms with E-state index < -0.39 is 11.9 Å². The lowest BCUT2D eigenvalue weighted by Crippen LogP contribution is -2.47. The van der Waals surface area contributed by atoms with Gasteiger partial charge in [-0.25, -0.2) is 14.8 Å². The lowest BCUT2D eigenvalue weighted by Gasteiger charge is -2.38. The van der Waals surface area contributed by atoms with Crippen LogP contribution in [-0.4, -0.2) is 98.8 Å². The van der Waals surface area contributed by atoms with Crippen LogP contribution in [0.1, 0.15) is 101 Å². The van der Waals surface area contributed by atoms with Crippen molar-refractivity contribution >= 4 is 72.8 Å². The number of fused-ring (bicyclic) bond motifs is 3. The van der Waals surface area contributed by atoms with Gasteiger partial charge in [-0.2, -0.15) is 5.10 Å². The average Bonchev–Trinajstić information content (AvgIpc) is 3.97. The zero-order valence-corrected chi connectivity index (χ0v) is 42.4. The number of carbonyl (C=O) groups is 4. The van der Waals surface area contributed by atoms with Crippen LogP contribution in [0, 0.1) is 18.8 Å². The minimum absolute atomic E-state index is 0.0219. The van der Waals surface area contributed by atoms with Crippen molar-refractivity contribution in [3.8, 4) is 16.9 Å². The number of anilines is 3. The Balaban J connectivity index is 0.681. The highest BCUT2D eigenvalue weighted by Gasteiger charge is 2.34. The Hall–Kier alpha value is -7.17. The SMILES string of the molecule is Cc1c(OC2CCC(CC(C)CN3CCN(c4cccc5c(C6CCC(=O)NC6=O)nn(C)c45)CC3)CC2)cccc1-c1ccc(N2CCc3cccc(C(=O)Nc4nc5ccccc5s4)c3C2)nc1C(=O)O. The van der Waals surface area contributed by atoms with Gasteiger partial charge in [0.2, 0.25) is 11.8 Å². The molecule has 0 bridgehead atoms. The van der Waals surface area contributed by atoms with Crippen LogP contribution >= 0.6 is 11.3 Å². The van der Waals surface area contributed by atoms with Crippen molar-refractivity contribution in [2.75, 3.05) is 54.4 Å². The molecule has 11 rings (SSSR count). The van der Waals surface area contributed by atoms with E-state index in [4.69, 9.17) is 14.8 Å². The molecule has 4 aliphatic rings. The van der Waals surface area contributed by atoms with E-state index in [2.05, 4.69) is 44.5 Å². The molecule has 16 heteroatoms. The van der Waals surface area contributed by atoms with Crippen LogP contribution in [0.3, 0.4) is 0 Å². The van der Waals surface area contributed by atoms with Crippen LogP contribution in [0.25, 0.3) is 32.2 Å². The summed E-state index contributed by atoms with van der Waals surface area (Å²) in [5, 5.41) is 22.4. The Morgan fingerprint density at radius 3 is 2.44 bits per heavy atom. The van der Waals surface area contributed by atoms with Crippen LogP contribution < -0.4 is 25.2 Å². The molecule has 15 nitrogen and oxygen atoms in total. The van der Waals surface area contributed by atoms with Crippen LogP contribution in [0.15, 0.2) is 91.0 Å². The smallest absolute Gasteiger partial charge is 0.355 e. The van der Waals surface area contributed by atoms with Gasteiger partial charge >= 0.3 is 5.97 Å². The third-order valence-corrected chi connectivity index (χ3v) is 16.5. The number of aryl methyl sites for hydroxylation is 1. The molecule has 3 aliphatic heterocycles. The van der Waals surface area contributed by atoms with Gasteiger partial charge in [0.25, 0.3) is 5.91 Å². The maximum Gasteiger partial charge on any atom is 0.355 e. The van der Waals surface area contributed by atoms with E-state index in [1.807, 2.05) is 102 Å². The minimum Gasteiger partial charge on any atom is -0.490 e. The fraction of sp³-hybridized carbons (Fsp3) is 0.386. The number of piperidine rings is 1. The number of nitrogens with zero attached hydrogens (tertiary/aromatic N) is 7. The second kappa shape index (κ2) is 20.4. The number of carbonyl (C=O) groups excluding carboxylic acids is 3. The van der Waals surface area contributed by atoms with E-state index in [1.165, 1.54) is 17.8 Å². The van der Waals surface area contributed by atoms with Crippen LogP contribution in [-0.2, 0) is 29.6 Å². The van der Waals surface area contributed by atoms with Crippen molar-refractivity contribution in [3.63, 3.8) is 0 Å². The Bertz CT molecular complexity index is 3230. The molecule has 376 valence electrons. The average molecular weight is 1000 g/mol. The van der Waals surface area contributed by atoms with Gasteiger partial charge in [-0.05, 0) is 128 Å². The second-order valence-electron chi connectivity index (χ2n) is 20.4. The Morgan fingerprint density at radius 2 is 1.64 bits per heavy atom. The first-order valence-electron chi connectivity index (χ1n) is 25.7. The molecular formula is C57H61N9O6S. The summed E-state index contributed by atoms with van der Waals surface area (Å²) in [7, 11) is 1.94. The zero-order chi connectivity index (χ0) is 50.3. The number of aromatic carboxylic acids is 1. The minimum atomic E-state index is -1.10. The molecule has 3 amide bonds. The number of benzene rings is 4. The predicted molar refractivity (Wildman–Crippen MR) is 285 cm³/mol. The first-order chi connectivity index (χ1) is 35.4. The van der Waals surface area contributed by atoms with E-state index in [-0.39, 0.29) is 29.5 Å². The number of piperazine rings is 1. The topological polar surface area (TPSA) is 175 Å². The van der Waals surface area contributed by atoms with Crippen molar-refractivity contribution in [3.05, 3.63) is 125 Å².